The van der Waals surface area contributed by atoms with Crippen LogP contribution in [0.5, 0.6) is 0 Å². The third-order valence-corrected chi connectivity index (χ3v) is 4.94. The van der Waals surface area contributed by atoms with E-state index >= 15 is 0 Å². The zero-order valence-electron chi connectivity index (χ0n) is 15.1. The van der Waals surface area contributed by atoms with Crippen LogP contribution in [0.25, 0.3) is 10.9 Å². The van der Waals surface area contributed by atoms with E-state index in [9.17, 15) is 4.79 Å². The lowest BCUT2D eigenvalue weighted by Crippen LogP contribution is -2.24. The Hall–Kier alpha value is -3.44. The first-order chi connectivity index (χ1) is 13.1. The molecule has 27 heavy (non-hydrogen) atoms. The molecule has 0 N–H and O–H groups in total. The van der Waals surface area contributed by atoms with Gasteiger partial charge in [-0.1, -0.05) is 18.9 Å². The van der Waals surface area contributed by atoms with Gasteiger partial charge in [0.05, 0.1) is 10.9 Å². The number of nitriles is 1. The zero-order valence-corrected chi connectivity index (χ0v) is 15.1. The van der Waals surface area contributed by atoms with E-state index in [1.54, 1.807) is 24.3 Å². The van der Waals surface area contributed by atoms with Gasteiger partial charge in [-0.25, -0.2) is 9.97 Å². The molecular weight excluding hydrogens is 336 g/mol. The fourth-order valence-corrected chi connectivity index (χ4v) is 3.34. The van der Waals surface area contributed by atoms with E-state index in [0.29, 0.717) is 28.2 Å². The average Bonchev–Trinajstić information content (AvgIpc) is 2.88. The quantitative estimate of drug-likeness (QED) is 0.582. The highest BCUT2D eigenvalue weighted by atomic mass is 16.1. The first kappa shape index (κ1) is 17.0. The molecule has 0 saturated heterocycles. The van der Waals surface area contributed by atoms with Gasteiger partial charge in [0.1, 0.15) is 23.3 Å². The van der Waals surface area contributed by atoms with Gasteiger partial charge in [-0.05, 0) is 55.0 Å². The molecule has 1 aliphatic heterocycles. The second-order valence-corrected chi connectivity index (χ2v) is 6.92. The van der Waals surface area contributed by atoms with Gasteiger partial charge in [-0.3, -0.25) is 9.36 Å². The van der Waals surface area contributed by atoms with Crippen LogP contribution in [0.15, 0.2) is 41.2 Å². The van der Waals surface area contributed by atoms with Crippen LogP contribution in [0.3, 0.4) is 0 Å². The van der Waals surface area contributed by atoms with E-state index in [-0.39, 0.29) is 5.56 Å². The first-order valence-electron chi connectivity index (χ1n) is 9.07. The van der Waals surface area contributed by atoms with Gasteiger partial charge in [-0.2, -0.15) is 5.26 Å². The Morgan fingerprint density at radius 3 is 2.81 bits per heavy atom. The number of hydrogen-bond donors (Lipinski definition) is 0. The lowest BCUT2D eigenvalue weighted by atomic mass is 10.0. The van der Waals surface area contributed by atoms with Crippen LogP contribution in [0, 0.1) is 29.1 Å². The molecule has 0 aliphatic carbocycles. The minimum atomic E-state index is 0.0343. The van der Waals surface area contributed by atoms with Crippen LogP contribution in [-0.2, 0) is 13.0 Å². The molecule has 0 fully saturated rings. The standard InChI is InChI=1S/C22H18N4O/c1-15-5-10-21-25-20-13-16(6-8-17-3-2-4-18(14-23)24-17)7-9-19(20)22(27)26(21)12-11-15/h2-4,7,9,13,15H,5,10-12H2,1H3. The summed E-state index contributed by atoms with van der Waals surface area (Å²) in [7, 11) is 0. The number of nitrogens with zero attached hydrogens (tertiary/aromatic N) is 4. The van der Waals surface area contributed by atoms with Crippen LogP contribution in [0.2, 0.25) is 0 Å². The van der Waals surface area contributed by atoms with Gasteiger partial charge < -0.3 is 0 Å². The van der Waals surface area contributed by atoms with E-state index in [4.69, 9.17) is 10.2 Å². The summed E-state index contributed by atoms with van der Waals surface area (Å²) in [5, 5.41) is 9.55. The molecule has 3 heterocycles. The Morgan fingerprint density at radius 1 is 1.11 bits per heavy atom. The van der Waals surface area contributed by atoms with Crippen LogP contribution in [0.1, 0.15) is 42.5 Å². The molecule has 1 unspecified atom stereocenters. The Bertz CT molecular complexity index is 1190. The minimum absolute atomic E-state index is 0.0343. The zero-order chi connectivity index (χ0) is 18.8. The van der Waals surface area contributed by atoms with Gasteiger partial charge in [0.15, 0.2) is 0 Å². The van der Waals surface area contributed by atoms with Crippen molar-refractivity contribution in [3.8, 4) is 17.9 Å². The monoisotopic (exact) mass is 354 g/mol. The summed E-state index contributed by atoms with van der Waals surface area (Å²) in [6.07, 6.45) is 2.89. The topological polar surface area (TPSA) is 71.6 Å². The van der Waals surface area contributed by atoms with E-state index in [0.717, 1.165) is 37.2 Å². The van der Waals surface area contributed by atoms with Crippen LogP contribution < -0.4 is 5.56 Å². The average molecular weight is 354 g/mol. The number of hydrogen-bond acceptors (Lipinski definition) is 4. The summed E-state index contributed by atoms with van der Waals surface area (Å²) in [4.78, 5) is 21.7. The van der Waals surface area contributed by atoms with Crippen molar-refractivity contribution < 1.29 is 0 Å². The molecule has 5 heteroatoms. The fraction of sp³-hybridized carbons (Fsp3) is 0.273. The number of benzene rings is 1. The molecule has 1 aromatic carbocycles. The summed E-state index contributed by atoms with van der Waals surface area (Å²) in [6, 6.07) is 12.7. The second-order valence-electron chi connectivity index (χ2n) is 6.92. The molecule has 0 radical (unpaired) electrons. The lowest BCUT2D eigenvalue weighted by molar-refractivity contribution is 0.484. The molecule has 3 aromatic rings. The molecule has 132 valence electrons. The smallest absolute Gasteiger partial charge is 0.261 e. The Kier molecular flexibility index (Phi) is 4.44. The highest BCUT2D eigenvalue weighted by molar-refractivity contribution is 5.79. The fourth-order valence-electron chi connectivity index (χ4n) is 3.34. The van der Waals surface area contributed by atoms with E-state index < -0.39 is 0 Å². The van der Waals surface area contributed by atoms with E-state index in [1.807, 2.05) is 22.8 Å². The summed E-state index contributed by atoms with van der Waals surface area (Å²) >= 11 is 0. The molecule has 0 amide bonds. The Balaban J connectivity index is 1.74. The highest BCUT2D eigenvalue weighted by Crippen LogP contribution is 2.19. The normalized spacial score (nSPS) is 15.9. The number of pyridine rings is 1. The van der Waals surface area contributed by atoms with Crippen LogP contribution >= 0.6 is 0 Å². The predicted molar refractivity (Wildman–Crippen MR) is 103 cm³/mol. The molecular formula is C22H18N4O. The maximum absolute atomic E-state index is 12.8. The van der Waals surface area contributed by atoms with Gasteiger partial charge in [0, 0.05) is 18.5 Å². The first-order valence-corrected chi connectivity index (χ1v) is 9.07. The molecule has 0 bridgehead atoms. The summed E-state index contributed by atoms with van der Waals surface area (Å²) < 4.78 is 1.83. The maximum Gasteiger partial charge on any atom is 0.261 e. The van der Waals surface area contributed by atoms with E-state index in [1.165, 1.54) is 0 Å². The van der Waals surface area contributed by atoms with Gasteiger partial charge in [0.2, 0.25) is 0 Å². The summed E-state index contributed by atoms with van der Waals surface area (Å²) in [6.45, 7) is 2.96. The van der Waals surface area contributed by atoms with Crippen LogP contribution in [0.4, 0.5) is 0 Å². The van der Waals surface area contributed by atoms with Crippen molar-refractivity contribution in [3.05, 3.63) is 69.5 Å². The highest BCUT2D eigenvalue weighted by Gasteiger charge is 2.16. The Morgan fingerprint density at radius 2 is 1.96 bits per heavy atom. The van der Waals surface area contributed by atoms with Crippen molar-refractivity contribution in [1.82, 2.24) is 14.5 Å². The number of fused-ring (bicyclic) bond motifs is 2. The molecule has 1 atom stereocenters. The Labute approximate surface area is 157 Å². The van der Waals surface area contributed by atoms with Crippen LogP contribution in [-0.4, -0.2) is 14.5 Å². The predicted octanol–water partition coefficient (Wildman–Crippen LogP) is 3.04. The van der Waals surface area contributed by atoms with Crippen molar-refractivity contribution in [2.24, 2.45) is 5.92 Å². The molecule has 5 nitrogen and oxygen atoms in total. The second kappa shape index (κ2) is 7.05. The largest absolute Gasteiger partial charge is 0.296 e. The molecule has 1 aliphatic rings. The van der Waals surface area contributed by atoms with Crippen molar-refractivity contribution in [2.75, 3.05) is 0 Å². The molecule has 2 aromatic heterocycles. The van der Waals surface area contributed by atoms with Crippen molar-refractivity contribution in [1.29, 1.82) is 5.26 Å². The summed E-state index contributed by atoms with van der Waals surface area (Å²) in [5.41, 5.74) is 2.37. The SMILES string of the molecule is CC1CCc2nc3cc(C#Cc4cccc(C#N)n4)ccc3c(=O)n2CC1. The van der Waals surface area contributed by atoms with E-state index in [2.05, 4.69) is 23.7 Å². The molecule has 0 spiro atoms. The third-order valence-electron chi connectivity index (χ3n) is 4.94. The van der Waals surface area contributed by atoms with Gasteiger partial charge >= 0.3 is 0 Å². The van der Waals surface area contributed by atoms with Crippen molar-refractivity contribution >= 4 is 10.9 Å². The minimum Gasteiger partial charge on any atom is -0.296 e. The molecule has 4 rings (SSSR count). The number of rotatable bonds is 0. The van der Waals surface area contributed by atoms with Gasteiger partial charge in [-0.15, -0.1) is 0 Å². The number of aromatic nitrogens is 3. The van der Waals surface area contributed by atoms with Crippen molar-refractivity contribution in [3.63, 3.8) is 0 Å². The number of aryl methyl sites for hydroxylation is 1. The molecule has 0 saturated carbocycles. The van der Waals surface area contributed by atoms with Gasteiger partial charge in [0.25, 0.3) is 5.56 Å². The maximum atomic E-state index is 12.8. The van der Waals surface area contributed by atoms with Crippen molar-refractivity contribution in [2.45, 2.75) is 32.7 Å². The third kappa shape index (κ3) is 3.45. The summed E-state index contributed by atoms with van der Waals surface area (Å²) in [5.74, 6) is 7.49. The lowest BCUT2D eigenvalue weighted by Gasteiger charge is -2.10.